The summed E-state index contributed by atoms with van der Waals surface area (Å²) in [5, 5.41) is 5.86. The number of likely N-dealkylation sites (tertiary alicyclic amines) is 1. The number of carbonyl (C=O) groups excluding carboxylic acids is 2. The molecule has 0 unspecified atom stereocenters. The number of nitrogens with zero attached hydrogens (tertiary/aromatic N) is 1. The van der Waals surface area contributed by atoms with Crippen LogP contribution >= 0.6 is 11.8 Å². The molecule has 2 atom stereocenters. The Balaban J connectivity index is 1.57. The van der Waals surface area contributed by atoms with Gasteiger partial charge in [-0.2, -0.15) is 0 Å². The molecule has 2 heterocycles. The number of fused-ring (bicyclic) bond motifs is 1. The molecule has 1 fully saturated rings. The topological polar surface area (TPSA) is 61.4 Å². The van der Waals surface area contributed by atoms with Crippen LogP contribution in [0.5, 0.6) is 0 Å². The molecule has 1 aromatic rings. The van der Waals surface area contributed by atoms with Crippen LogP contribution in [0, 0.1) is 5.92 Å². The monoisotopic (exact) mass is 347 g/mol. The number of benzene rings is 1. The maximum Gasteiger partial charge on any atom is 0.251 e. The van der Waals surface area contributed by atoms with Crippen LogP contribution < -0.4 is 10.6 Å². The Morgan fingerprint density at radius 2 is 2.33 bits per heavy atom. The molecule has 0 saturated carbocycles. The number of anilines is 1. The Hall–Kier alpha value is -1.53. The number of piperidine rings is 1. The molecule has 2 N–H and O–H groups in total. The van der Waals surface area contributed by atoms with Gasteiger partial charge in [-0.05, 0) is 50.4 Å². The van der Waals surface area contributed by atoms with Gasteiger partial charge >= 0.3 is 0 Å². The first kappa shape index (κ1) is 17.3. The van der Waals surface area contributed by atoms with Crippen molar-refractivity contribution in [2.24, 2.45) is 5.92 Å². The summed E-state index contributed by atoms with van der Waals surface area (Å²) in [6.07, 6.45) is 2.54. The average Bonchev–Trinajstić information content (AvgIpc) is 2.58. The summed E-state index contributed by atoms with van der Waals surface area (Å²) < 4.78 is 0. The van der Waals surface area contributed by atoms with E-state index in [1.165, 1.54) is 24.6 Å². The summed E-state index contributed by atoms with van der Waals surface area (Å²) in [5.41, 5.74) is 1.33. The number of rotatable bonds is 4. The highest BCUT2D eigenvalue weighted by Gasteiger charge is 2.22. The van der Waals surface area contributed by atoms with Gasteiger partial charge < -0.3 is 10.6 Å². The zero-order chi connectivity index (χ0) is 17.1. The van der Waals surface area contributed by atoms with Gasteiger partial charge in [-0.15, -0.1) is 11.8 Å². The molecule has 0 radical (unpaired) electrons. The first-order valence-electron chi connectivity index (χ1n) is 8.62. The maximum atomic E-state index is 12.4. The Kier molecular flexibility index (Phi) is 5.46. The van der Waals surface area contributed by atoms with Gasteiger partial charge in [0.25, 0.3) is 5.91 Å². The van der Waals surface area contributed by atoms with Crippen LogP contribution in [0.1, 0.15) is 37.0 Å². The molecule has 24 heavy (non-hydrogen) atoms. The molecule has 5 nitrogen and oxygen atoms in total. The van der Waals surface area contributed by atoms with Crippen molar-refractivity contribution in [1.82, 2.24) is 10.2 Å². The van der Waals surface area contributed by atoms with E-state index in [9.17, 15) is 9.59 Å². The Labute approximate surface area is 147 Å². The van der Waals surface area contributed by atoms with E-state index in [0.717, 1.165) is 29.6 Å². The SMILES string of the molecule is C[C@H]1CCCN([C@H](C)CNC(=O)c2ccc3c(c2)NC(=O)CS3)C1. The van der Waals surface area contributed by atoms with Gasteiger partial charge in [0.1, 0.15) is 0 Å². The van der Waals surface area contributed by atoms with Gasteiger partial charge in [0, 0.05) is 29.6 Å². The maximum absolute atomic E-state index is 12.4. The zero-order valence-corrected chi connectivity index (χ0v) is 15.1. The van der Waals surface area contributed by atoms with E-state index in [2.05, 4.69) is 29.4 Å². The molecule has 130 valence electrons. The Morgan fingerprint density at radius 3 is 3.12 bits per heavy atom. The number of amides is 2. The highest BCUT2D eigenvalue weighted by Crippen LogP contribution is 2.31. The number of nitrogens with one attached hydrogen (secondary N) is 2. The number of carbonyl (C=O) groups is 2. The first-order valence-corrected chi connectivity index (χ1v) is 9.60. The molecule has 2 aliphatic heterocycles. The quantitative estimate of drug-likeness (QED) is 0.879. The second-order valence-corrected chi connectivity index (χ2v) is 7.87. The van der Waals surface area contributed by atoms with E-state index in [0.29, 0.717) is 23.9 Å². The lowest BCUT2D eigenvalue weighted by atomic mass is 9.99. The lowest BCUT2D eigenvalue weighted by Gasteiger charge is -2.35. The third-order valence-electron chi connectivity index (χ3n) is 4.74. The largest absolute Gasteiger partial charge is 0.350 e. The third kappa shape index (κ3) is 4.11. The van der Waals surface area contributed by atoms with Crippen molar-refractivity contribution < 1.29 is 9.59 Å². The Morgan fingerprint density at radius 1 is 1.50 bits per heavy atom. The highest BCUT2D eigenvalue weighted by atomic mass is 32.2. The summed E-state index contributed by atoms with van der Waals surface area (Å²) in [7, 11) is 0. The van der Waals surface area contributed by atoms with E-state index < -0.39 is 0 Å². The fourth-order valence-electron chi connectivity index (χ4n) is 3.32. The summed E-state index contributed by atoms with van der Waals surface area (Å²) in [6.45, 7) is 7.32. The van der Waals surface area contributed by atoms with Crippen LogP contribution in [0.15, 0.2) is 23.1 Å². The van der Waals surface area contributed by atoms with Crippen LogP contribution in [0.3, 0.4) is 0 Å². The number of hydrogen-bond donors (Lipinski definition) is 2. The zero-order valence-electron chi connectivity index (χ0n) is 14.3. The van der Waals surface area contributed by atoms with Crippen molar-refractivity contribution in [3.05, 3.63) is 23.8 Å². The minimum Gasteiger partial charge on any atom is -0.350 e. The summed E-state index contributed by atoms with van der Waals surface area (Å²) >= 11 is 1.50. The van der Waals surface area contributed by atoms with Crippen molar-refractivity contribution >= 4 is 29.3 Å². The van der Waals surface area contributed by atoms with Crippen LogP contribution in [-0.2, 0) is 4.79 Å². The van der Waals surface area contributed by atoms with Gasteiger partial charge in [-0.3, -0.25) is 14.5 Å². The van der Waals surface area contributed by atoms with Crippen LogP contribution in [0.2, 0.25) is 0 Å². The Bertz CT molecular complexity index is 635. The van der Waals surface area contributed by atoms with E-state index in [4.69, 9.17) is 0 Å². The number of hydrogen-bond acceptors (Lipinski definition) is 4. The standard InChI is InChI=1S/C18H25N3O2S/c1-12-4-3-7-21(10-12)13(2)9-19-18(23)14-5-6-16-15(8-14)20-17(22)11-24-16/h5-6,8,12-13H,3-4,7,9-11H2,1-2H3,(H,19,23)(H,20,22)/t12-,13+/m0/s1. The van der Waals surface area contributed by atoms with E-state index in [1.54, 1.807) is 6.07 Å². The minimum atomic E-state index is -0.0838. The smallest absolute Gasteiger partial charge is 0.251 e. The van der Waals surface area contributed by atoms with Crippen molar-refractivity contribution in [2.45, 2.75) is 37.6 Å². The first-order chi connectivity index (χ1) is 11.5. The summed E-state index contributed by atoms with van der Waals surface area (Å²) in [5.74, 6) is 1.07. The van der Waals surface area contributed by atoms with Gasteiger partial charge in [-0.25, -0.2) is 0 Å². The molecule has 0 aliphatic carbocycles. The second kappa shape index (κ2) is 7.57. The van der Waals surface area contributed by atoms with Crippen LogP contribution in [-0.4, -0.2) is 48.1 Å². The molecule has 0 spiro atoms. The van der Waals surface area contributed by atoms with Gasteiger partial charge in [-0.1, -0.05) is 6.92 Å². The highest BCUT2D eigenvalue weighted by molar-refractivity contribution is 8.00. The summed E-state index contributed by atoms with van der Waals surface area (Å²) in [4.78, 5) is 27.4. The van der Waals surface area contributed by atoms with Crippen LogP contribution in [0.25, 0.3) is 0 Å². The predicted octanol–water partition coefficient (Wildman–Crippen LogP) is 2.58. The van der Waals surface area contributed by atoms with E-state index >= 15 is 0 Å². The molecule has 1 saturated heterocycles. The predicted molar refractivity (Wildman–Crippen MR) is 97.6 cm³/mol. The fraction of sp³-hybridized carbons (Fsp3) is 0.556. The molecule has 2 amide bonds. The molecule has 6 heteroatoms. The number of thioether (sulfide) groups is 1. The van der Waals surface area contributed by atoms with E-state index in [1.807, 2.05) is 12.1 Å². The minimum absolute atomic E-state index is 0.0158. The average molecular weight is 347 g/mol. The van der Waals surface area contributed by atoms with Gasteiger partial charge in [0.05, 0.1) is 11.4 Å². The van der Waals surface area contributed by atoms with Crippen molar-refractivity contribution in [2.75, 3.05) is 30.7 Å². The van der Waals surface area contributed by atoms with Crippen LogP contribution in [0.4, 0.5) is 5.69 Å². The third-order valence-corrected chi connectivity index (χ3v) is 5.82. The second-order valence-electron chi connectivity index (χ2n) is 6.85. The van der Waals surface area contributed by atoms with Crippen molar-refractivity contribution in [3.8, 4) is 0 Å². The molecule has 0 bridgehead atoms. The van der Waals surface area contributed by atoms with Gasteiger partial charge in [0.2, 0.25) is 5.91 Å². The lowest BCUT2D eigenvalue weighted by molar-refractivity contribution is -0.113. The molecule has 2 aliphatic rings. The fourth-order valence-corrected chi connectivity index (χ4v) is 4.11. The van der Waals surface area contributed by atoms with Gasteiger partial charge in [0.15, 0.2) is 0 Å². The van der Waals surface area contributed by atoms with E-state index in [-0.39, 0.29) is 11.8 Å². The normalized spacial score (nSPS) is 22.4. The summed E-state index contributed by atoms with van der Waals surface area (Å²) in [6, 6.07) is 5.84. The van der Waals surface area contributed by atoms with Crippen molar-refractivity contribution in [1.29, 1.82) is 0 Å². The molecule has 1 aromatic carbocycles. The van der Waals surface area contributed by atoms with Crippen molar-refractivity contribution in [3.63, 3.8) is 0 Å². The molecular formula is C18H25N3O2S. The molecule has 3 rings (SSSR count). The lowest BCUT2D eigenvalue weighted by Crippen LogP contribution is -2.46. The molecular weight excluding hydrogens is 322 g/mol. The molecule has 0 aromatic heterocycles.